The standard InChI is InChI=1S/C30H23Cl2NO/c1-18(34)33-27-9-5-4-8-26(27)29(31)30(32)28(33)17-19-10-13-23-21(16-19)12-15-24-22-7-3-2-6-20(22)11-14-25(23)24/h2-16,28-30H,17H2,1H3. The van der Waals surface area contributed by atoms with Crippen molar-refractivity contribution >= 4 is 67.1 Å². The molecule has 0 saturated heterocycles. The average Bonchev–Trinajstić information content (AvgIpc) is 2.86. The van der Waals surface area contributed by atoms with Gasteiger partial charge in [0.1, 0.15) is 0 Å². The van der Waals surface area contributed by atoms with Crippen LogP contribution in [0.15, 0.2) is 91.0 Å². The minimum atomic E-state index is -0.390. The van der Waals surface area contributed by atoms with Crippen molar-refractivity contribution in [1.82, 2.24) is 0 Å². The fraction of sp³-hybridized carbons (Fsp3) is 0.167. The predicted octanol–water partition coefficient (Wildman–Crippen LogP) is 8.01. The molecule has 2 nitrogen and oxygen atoms in total. The van der Waals surface area contributed by atoms with Gasteiger partial charge in [0, 0.05) is 12.6 Å². The van der Waals surface area contributed by atoms with Crippen LogP contribution in [0.2, 0.25) is 0 Å². The molecule has 168 valence electrons. The minimum Gasteiger partial charge on any atom is -0.307 e. The van der Waals surface area contributed by atoms with E-state index in [1.54, 1.807) is 6.92 Å². The first-order valence-electron chi connectivity index (χ1n) is 11.5. The zero-order valence-electron chi connectivity index (χ0n) is 18.7. The lowest BCUT2D eigenvalue weighted by Gasteiger charge is -2.42. The van der Waals surface area contributed by atoms with E-state index >= 15 is 0 Å². The second-order valence-electron chi connectivity index (χ2n) is 9.07. The summed E-state index contributed by atoms with van der Waals surface area (Å²) in [5, 5.41) is 6.68. The van der Waals surface area contributed by atoms with Gasteiger partial charge >= 0.3 is 0 Å². The lowest BCUT2D eigenvalue weighted by atomic mass is 9.89. The van der Waals surface area contributed by atoms with Crippen molar-refractivity contribution in [2.24, 2.45) is 0 Å². The molecule has 0 aromatic heterocycles. The van der Waals surface area contributed by atoms with Crippen molar-refractivity contribution in [2.45, 2.75) is 30.1 Å². The van der Waals surface area contributed by atoms with Crippen LogP contribution in [0.25, 0.3) is 32.3 Å². The second kappa shape index (κ2) is 8.30. The van der Waals surface area contributed by atoms with Crippen LogP contribution in [0.4, 0.5) is 5.69 Å². The zero-order chi connectivity index (χ0) is 23.4. The average molecular weight is 484 g/mol. The number of benzene rings is 5. The SMILES string of the molecule is CC(=O)N1c2ccccc2C(Cl)C(Cl)C1Cc1ccc2c(ccc3c4ccccc4ccc23)c1. The number of hydrogen-bond donors (Lipinski definition) is 0. The third kappa shape index (κ3) is 3.36. The number of anilines is 1. The van der Waals surface area contributed by atoms with Crippen LogP contribution < -0.4 is 4.90 Å². The fourth-order valence-corrected chi connectivity index (χ4v) is 6.17. The molecule has 5 aromatic rings. The summed E-state index contributed by atoms with van der Waals surface area (Å²) in [6, 6.07) is 31.4. The van der Waals surface area contributed by atoms with Gasteiger partial charge in [-0.25, -0.2) is 0 Å². The summed E-state index contributed by atoms with van der Waals surface area (Å²) in [7, 11) is 0. The van der Waals surface area contributed by atoms with Gasteiger partial charge in [-0.2, -0.15) is 0 Å². The Morgan fingerprint density at radius 2 is 1.41 bits per heavy atom. The maximum atomic E-state index is 12.7. The molecule has 3 unspecified atom stereocenters. The van der Waals surface area contributed by atoms with Crippen molar-refractivity contribution in [2.75, 3.05) is 4.90 Å². The molecule has 0 aliphatic carbocycles. The van der Waals surface area contributed by atoms with E-state index in [4.69, 9.17) is 23.2 Å². The van der Waals surface area contributed by atoms with Crippen molar-refractivity contribution in [3.8, 4) is 0 Å². The molecular weight excluding hydrogens is 461 g/mol. The molecule has 3 atom stereocenters. The molecule has 0 spiro atoms. The number of fused-ring (bicyclic) bond motifs is 6. The molecule has 4 heteroatoms. The number of alkyl halides is 2. The first-order chi connectivity index (χ1) is 16.5. The molecular formula is C30H23Cl2NO. The maximum Gasteiger partial charge on any atom is 0.224 e. The zero-order valence-corrected chi connectivity index (χ0v) is 20.2. The van der Waals surface area contributed by atoms with Crippen molar-refractivity contribution in [1.29, 1.82) is 0 Å². The molecule has 0 fully saturated rings. The largest absolute Gasteiger partial charge is 0.307 e. The normalized spacial score (nSPS) is 20.1. The van der Waals surface area contributed by atoms with Gasteiger partial charge < -0.3 is 4.90 Å². The number of carbonyl (C=O) groups excluding carboxylic acids is 1. The van der Waals surface area contributed by atoms with E-state index in [2.05, 4.69) is 66.7 Å². The number of hydrogen-bond acceptors (Lipinski definition) is 1. The molecule has 0 N–H and O–H groups in total. The summed E-state index contributed by atoms with van der Waals surface area (Å²) in [6.45, 7) is 1.60. The molecule has 0 radical (unpaired) electrons. The highest BCUT2D eigenvalue weighted by Crippen LogP contribution is 2.44. The van der Waals surface area contributed by atoms with Gasteiger partial charge in [-0.3, -0.25) is 4.79 Å². The Hall–Kier alpha value is -3.07. The summed E-state index contributed by atoms with van der Waals surface area (Å²) in [6.07, 6.45) is 0.636. The Morgan fingerprint density at radius 1 is 0.765 bits per heavy atom. The highest BCUT2D eigenvalue weighted by atomic mass is 35.5. The molecule has 1 amide bonds. The third-order valence-electron chi connectivity index (χ3n) is 7.06. The number of nitrogens with zero attached hydrogens (tertiary/aromatic N) is 1. The second-order valence-corrected chi connectivity index (χ2v) is 10.0. The quantitative estimate of drug-likeness (QED) is 0.184. The van der Waals surface area contributed by atoms with E-state index in [0.29, 0.717) is 6.42 Å². The van der Waals surface area contributed by atoms with E-state index in [0.717, 1.165) is 16.8 Å². The Bertz CT molecular complexity index is 1580. The Balaban J connectivity index is 1.42. The van der Waals surface area contributed by atoms with Gasteiger partial charge in [0.15, 0.2) is 0 Å². The molecule has 1 heterocycles. The van der Waals surface area contributed by atoms with E-state index in [1.165, 1.54) is 32.3 Å². The summed E-state index contributed by atoms with van der Waals surface area (Å²) < 4.78 is 0. The Morgan fingerprint density at radius 3 is 2.21 bits per heavy atom. The number of para-hydroxylation sites is 1. The van der Waals surface area contributed by atoms with Crippen LogP contribution in [0.5, 0.6) is 0 Å². The van der Waals surface area contributed by atoms with Gasteiger partial charge in [-0.1, -0.05) is 84.9 Å². The lowest BCUT2D eigenvalue weighted by molar-refractivity contribution is -0.117. The maximum absolute atomic E-state index is 12.7. The minimum absolute atomic E-state index is 0.0228. The Labute approximate surface area is 208 Å². The van der Waals surface area contributed by atoms with Crippen LogP contribution in [0, 0.1) is 0 Å². The molecule has 1 aliphatic rings. The van der Waals surface area contributed by atoms with Gasteiger partial charge in [0.25, 0.3) is 0 Å². The number of halogens is 2. The third-order valence-corrected chi connectivity index (χ3v) is 8.24. The van der Waals surface area contributed by atoms with Gasteiger partial charge in [0.2, 0.25) is 5.91 Å². The van der Waals surface area contributed by atoms with Crippen molar-refractivity contribution in [3.63, 3.8) is 0 Å². The number of amides is 1. The Kier molecular flexibility index (Phi) is 5.24. The first-order valence-corrected chi connectivity index (χ1v) is 12.4. The molecule has 0 bridgehead atoms. The van der Waals surface area contributed by atoms with E-state index in [-0.39, 0.29) is 22.7 Å². The van der Waals surface area contributed by atoms with E-state index < -0.39 is 0 Å². The van der Waals surface area contributed by atoms with E-state index in [1.807, 2.05) is 29.2 Å². The highest BCUT2D eigenvalue weighted by Gasteiger charge is 2.40. The predicted molar refractivity (Wildman–Crippen MR) is 144 cm³/mol. The van der Waals surface area contributed by atoms with Crippen LogP contribution in [0.3, 0.4) is 0 Å². The van der Waals surface area contributed by atoms with Crippen LogP contribution >= 0.6 is 23.2 Å². The number of rotatable bonds is 2. The van der Waals surface area contributed by atoms with Crippen LogP contribution in [-0.4, -0.2) is 17.3 Å². The fourth-order valence-electron chi connectivity index (χ4n) is 5.48. The van der Waals surface area contributed by atoms with E-state index in [9.17, 15) is 4.79 Å². The monoisotopic (exact) mass is 483 g/mol. The summed E-state index contributed by atoms with van der Waals surface area (Å²) in [5.41, 5.74) is 2.90. The summed E-state index contributed by atoms with van der Waals surface area (Å²) in [5.74, 6) is -0.0228. The summed E-state index contributed by atoms with van der Waals surface area (Å²) >= 11 is 13.6. The summed E-state index contributed by atoms with van der Waals surface area (Å²) in [4.78, 5) is 14.5. The first kappa shape index (κ1) is 21.5. The molecule has 0 saturated carbocycles. The van der Waals surface area contributed by atoms with Crippen LogP contribution in [-0.2, 0) is 11.2 Å². The highest BCUT2D eigenvalue weighted by molar-refractivity contribution is 6.31. The number of carbonyl (C=O) groups is 1. The molecule has 1 aliphatic heterocycles. The molecule has 6 rings (SSSR count). The molecule has 34 heavy (non-hydrogen) atoms. The van der Waals surface area contributed by atoms with Crippen molar-refractivity contribution < 1.29 is 4.79 Å². The van der Waals surface area contributed by atoms with Crippen molar-refractivity contribution in [3.05, 3.63) is 102 Å². The topological polar surface area (TPSA) is 20.3 Å². The molecule has 5 aromatic carbocycles. The van der Waals surface area contributed by atoms with Gasteiger partial charge in [-0.15, -0.1) is 23.2 Å². The lowest BCUT2D eigenvalue weighted by Crippen LogP contribution is -2.50. The van der Waals surface area contributed by atoms with Crippen LogP contribution in [0.1, 0.15) is 23.4 Å². The van der Waals surface area contributed by atoms with Gasteiger partial charge in [-0.05, 0) is 55.9 Å². The smallest absolute Gasteiger partial charge is 0.224 e. The van der Waals surface area contributed by atoms with Gasteiger partial charge in [0.05, 0.1) is 16.8 Å².